The fraction of sp³-hybridized carbons (Fsp3) is 0. The highest BCUT2D eigenvalue weighted by Crippen LogP contribution is 2.26. The molecule has 76 valence electrons. The first-order chi connectivity index (χ1) is 7.16. The molecule has 0 bridgehead atoms. The quantitative estimate of drug-likeness (QED) is 0.737. The van der Waals surface area contributed by atoms with E-state index in [1.807, 2.05) is 6.07 Å². The van der Waals surface area contributed by atoms with Crippen molar-refractivity contribution in [1.29, 1.82) is 0 Å². The first-order valence-electron chi connectivity index (χ1n) is 4.11. The molecule has 15 heavy (non-hydrogen) atoms. The van der Waals surface area contributed by atoms with Crippen molar-refractivity contribution in [3.05, 3.63) is 45.1 Å². The summed E-state index contributed by atoms with van der Waals surface area (Å²) in [6.07, 6.45) is 1.68. The lowest BCUT2D eigenvalue weighted by molar-refractivity contribution is 1.15. The van der Waals surface area contributed by atoms with Gasteiger partial charge in [0.15, 0.2) is 5.82 Å². The Bertz CT molecular complexity index is 503. The van der Waals surface area contributed by atoms with Gasteiger partial charge >= 0.3 is 0 Å². The number of benzene rings is 1. The van der Waals surface area contributed by atoms with Crippen molar-refractivity contribution in [2.45, 2.75) is 0 Å². The summed E-state index contributed by atoms with van der Waals surface area (Å²) in [6, 6.07) is 7.06. The number of halogens is 3. The van der Waals surface area contributed by atoms with Gasteiger partial charge in [-0.3, -0.25) is 0 Å². The summed E-state index contributed by atoms with van der Waals surface area (Å²) in [5.41, 5.74) is 0.839. The van der Waals surface area contributed by atoms with Gasteiger partial charge in [-0.05, 0) is 40.2 Å². The molecule has 1 heterocycles. The molecule has 5 heteroatoms. The molecule has 0 aliphatic heterocycles. The second-order valence-corrected chi connectivity index (χ2v) is 4.46. The van der Waals surface area contributed by atoms with E-state index in [1.165, 1.54) is 0 Å². The third-order valence-electron chi connectivity index (χ3n) is 1.80. The maximum Gasteiger partial charge on any atom is 0.160 e. The molecule has 0 saturated carbocycles. The number of hydrogen-bond acceptors (Lipinski definition) is 2. The van der Waals surface area contributed by atoms with Crippen molar-refractivity contribution < 1.29 is 0 Å². The summed E-state index contributed by atoms with van der Waals surface area (Å²) < 4.78 is 0.735. The highest BCUT2D eigenvalue weighted by atomic mass is 79.9. The number of nitrogens with zero attached hydrogens (tertiary/aromatic N) is 2. The van der Waals surface area contributed by atoms with Gasteiger partial charge in [-0.1, -0.05) is 23.2 Å². The van der Waals surface area contributed by atoms with Crippen molar-refractivity contribution >= 4 is 39.1 Å². The van der Waals surface area contributed by atoms with Crippen LogP contribution in [-0.4, -0.2) is 9.97 Å². The van der Waals surface area contributed by atoms with Crippen LogP contribution in [0.25, 0.3) is 11.4 Å². The van der Waals surface area contributed by atoms with Crippen LogP contribution in [-0.2, 0) is 0 Å². The average molecular weight is 304 g/mol. The second-order valence-electron chi connectivity index (χ2n) is 2.83. The molecule has 0 aliphatic carbocycles. The van der Waals surface area contributed by atoms with Gasteiger partial charge in [-0.15, -0.1) is 0 Å². The molecule has 0 N–H and O–H groups in total. The van der Waals surface area contributed by atoms with Crippen LogP contribution >= 0.6 is 39.1 Å². The van der Waals surface area contributed by atoms with E-state index in [0.29, 0.717) is 15.9 Å². The van der Waals surface area contributed by atoms with Crippen LogP contribution in [0.1, 0.15) is 0 Å². The first kappa shape index (κ1) is 10.9. The largest absolute Gasteiger partial charge is 0.237 e. The van der Waals surface area contributed by atoms with Crippen molar-refractivity contribution in [2.75, 3.05) is 0 Å². The normalized spacial score (nSPS) is 10.3. The molecule has 2 aromatic rings. The van der Waals surface area contributed by atoms with Crippen LogP contribution < -0.4 is 0 Å². The maximum absolute atomic E-state index is 5.90. The monoisotopic (exact) mass is 302 g/mol. The Morgan fingerprint density at radius 3 is 2.53 bits per heavy atom. The molecular formula is C10H5BrCl2N2. The van der Waals surface area contributed by atoms with Crippen molar-refractivity contribution in [2.24, 2.45) is 0 Å². The topological polar surface area (TPSA) is 25.8 Å². The zero-order chi connectivity index (χ0) is 10.8. The fourth-order valence-electron chi connectivity index (χ4n) is 1.11. The fourth-order valence-corrected chi connectivity index (χ4v) is 1.70. The zero-order valence-electron chi connectivity index (χ0n) is 7.42. The zero-order valence-corrected chi connectivity index (χ0v) is 10.5. The minimum atomic E-state index is 0.498. The van der Waals surface area contributed by atoms with Gasteiger partial charge in [0.1, 0.15) is 4.60 Å². The van der Waals surface area contributed by atoms with Crippen LogP contribution in [0.4, 0.5) is 0 Å². The van der Waals surface area contributed by atoms with E-state index < -0.39 is 0 Å². The van der Waals surface area contributed by atoms with Crippen LogP contribution in [0, 0.1) is 0 Å². The highest BCUT2D eigenvalue weighted by molar-refractivity contribution is 9.10. The van der Waals surface area contributed by atoms with Crippen molar-refractivity contribution in [3.8, 4) is 11.4 Å². The Kier molecular flexibility index (Phi) is 3.24. The molecule has 1 aromatic heterocycles. The van der Waals surface area contributed by atoms with Gasteiger partial charge < -0.3 is 0 Å². The molecule has 0 fully saturated rings. The summed E-state index contributed by atoms with van der Waals surface area (Å²) in [5.74, 6) is 0.614. The lowest BCUT2D eigenvalue weighted by Crippen LogP contribution is -1.88. The average Bonchev–Trinajstić information content (AvgIpc) is 2.22. The summed E-state index contributed by atoms with van der Waals surface area (Å²) in [7, 11) is 0. The van der Waals surface area contributed by atoms with Gasteiger partial charge in [-0.25, -0.2) is 9.97 Å². The second kappa shape index (κ2) is 4.47. The number of rotatable bonds is 1. The van der Waals surface area contributed by atoms with E-state index in [0.717, 1.165) is 10.2 Å². The van der Waals surface area contributed by atoms with Crippen molar-refractivity contribution in [3.63, 3.8) is 0 Å². The van der Waals surface area contributed by atoms with E-state index in [-0.39, 0.29) is 0 Å². The Hall–Kier alpha value is -0.640. The Labute approximate surface area is 105 Å². The Morgan fingerprint density at radius 2 is 1.87 bits per heavy atom. The lowest BCUT2D eigenvalue weighted by atomic mass is 10.2. The van der Waals surface area contributed by atoms with E-state index in [2.05, 4.69) is 25.9 Å². The van der Waals surface area contributed by atoms with Gasteiger partial charge in [0, 0.05) is 11.8 Å². The molecule has 0 atom stereocenters. The van der Waals surface area contributed by atoms with Gasteiger partial charge in [-0.2, -0.15) is 0 Å². The highest BCUT2D eigenvalue weighted by Gasteiger charge is 2.04. The minimum Gasteiger partial charge on any atom is -0.237 e. The minimum absolute atomic E-state index is 0.498. The first-order valence-corrected chi connectivity index (χ1v) is 5.65. The molecule has 2 rings (SSSR count). The predicted octanol–water partition coefficient (Wildman–Crippen LogP) is 4.21. The molecule has 2 nitrogen and oxygen atoms in total. The van der Waals surface area contributed by atoms with Crippen LogP contribution in [0.2, 0.25) is 10.0 Å². The SMILES string of the molecule is Clc1ccc(-c2nccc(Br)n2)cc1Cl. The maximum atomic E-state index is 5.90. The van der Waals surface area contributed by atoms with Crippen LogP contribution in [0.5, 0.6) is 0 Å². The standard InChI is InChI=1S/C10H5BrCl2N2/c11-9-3-4-14-10(15-9)6-1-2-7(12)8(13)5-6/h1-5H. The van der Waals surface area contributed by atoms with Gasteiger partial charge in [0.05, 0.1) is 10.0 Å². The summed E-state index contributed by atoms with van der Waals surface area (Å²) in [5, 5.41) is 1.02. The van der Waals surface area contributed by atoms with E-state index >= 15 is 0 Å². The molecule has 0 unspecified atom stereocenters. The third kappa shape index (κ3) is 2.48. The lowest BCUT2D eigenvalue weighted by Gasteiger charge is -2.01. The van der Waals surface area contributed by atoms with E-state index in [9.17, 15) is 0 Å². The van der Waals surface area contributed by atoms with E-state index in [1.54, 1.807) is 24.4 Å². The number of hydrogen-bond donors (Lipinski definition) is 0. The Balaban J connectivity index is 2.50. The van der Waals surface area contributed by atoms with Crippen LogP contribution in [0.15, 0.2) is 35.1 Å². The molecule has 0 spiro atoms. The summed E-state index contributed by atoms with van der Waals surface area (Å²) >= 11 is 15.0. The molecule has 0 radical (unpaired) electrons. The smallest absolute Gasteiger partial charge is 0.160 e. The molecule has 0 saturated heterocycles. The predicted molar refractivity (Wildman–Crippen MR) is 65.2 cm³/mol. The van der Waals surface area contributed by atoms with Crippen LogP contribution in [0.3, 0.4) is 0 Å². The van der Waals surface area contributed by atoms with Gasteiger partial charge in [0.25, 0.3) is 0 Å². The van der Waals surface area contributed by atoms with Crippen molar-refractivity contribution in [1.82, 2.24) is 9.97 Å². The molecular weight excluding hydrogens is 299 g/mol. The Morgan fingerprint density at radius 1 is 1.07 bits per heavy atom. The molecule has 1 aromatic carbocycles. The molecule has 0 amide bonds. The number of aromatic nitrogens is 2. The molecule has 0 aliphatic rings. The summed E-state index contributed by atoms with van der Waals surface area (Å²) in [4.78, 5) is 8.36. The van der Waals surface area contributed by atoms with E-state index in [4.69, 9.17) is 23.2 Å². The summed E-state index contributed by atoms with van der Waals surface area (Å²) in [6.45, 7) is 0. The van der Waals surface area contributed by atoms with Gasteiger partial charge in [0.2, 0.25) is 0 Å². The third-order valence-corrected chi connectivity index (χ3v) is 2.98.